The van der Waals surface area contributed by atoms with Crippen LogP contribution in [0.3, 0.4) is 0 Å². The lowest BCUT2D eigenvalue weighted by atomic mass is 9.91. The summed E-state index contributed by atoms with van der Waals surface area (Å²) in [7, 11) is 0. The van der Waals surface area contributed by atoms with Crippen LogP contribution in [0.2, 0.25) is 10.0 Å². The normalized spacial score (nSPS) is 28.1. The second-order valence-electron chi connectivity index (χ2n) is 6.39. The Kier molecular flexibility index (Phi) is 6.60. The third-order valence-electron chi connectivity index (χ3n) is 4.41. The van der Waals surface area contributed by atoms with Crippen LogP contribution in [-0.4, -0.2) is 51.4 Å². The van der Waals surface area contributed by atoms with Gasteiger partial charge >= 0.3 is 0 Å². The molecule has 1 heterocycles. The van der Waals surface area contributed by atoms with Crippen LogP contribution in [-0.2, 0) is 11.3 Å². The second kappa shape index (κ2) is 8.75. The highest BCUT2D eigenvalue weighted by atomic mass is 35.5. The Hall–Kier alpha value is -1.38. The van der Waals surface area contributed by atoms with Crippen LogP contribution >= 0.6 is 23.2 Å². The summed E-state index contributed by atoms with van der Waals surface area (Å²) >= 11 is 11.9. The molecule has 8 heteroatoms. The van der Waals surface area contributed by atoms with E-state index in [2.05, 4.69) is 0 Å². The van der Waals surface area contributed by atoms with Crippen molar-refractivity contribution in [1.82, 2.24) is 0 Å². The van der Waals surface area contributed by atoms with Crippen molar-refractivity contribution >= 4 is 23.2 Å². The summed E-state index contributed by atoms with van der Waals surface area (Å²) in [6, 6.07) is 12.0. The largest absolute Gasteiger partial charge is 0.489 e. The van der Waals surface area contributed by atoms with Gasteiger partial charge in [0.25, 0.3) is 0 Å². The summed E-state index contributed by atoms with van der Waals surface area (Å²) in [5, 5.41) is 40.4. The molecule has 0 spiro atoms. The van der Waals surface area contributed by atoms with Crippen molar-refractivity contribution in [2.45, 2.75) is 37.1 Å². The monoisotopic (exact) mass is 414 g/mol. The first-order valence-electron chi connectivity index (χ1n) is 8.37. The quantitative estimate of drug-likeness (QED) is 0.597. The summed E-state index contributed by atoms with van der Waals surface area (Å²) in [5.41, 5.74) is 1.39. The van der Waals surface area contributed by atoms with E-state index in [1.807, 2.05) is 6.07 Å². The Morgan fingerprint density at radius 3 is 2.30 bits per heavy atom. The molecule has 2 aromatic rings. The fourth-order valence-electron chi connectivity index (χ4n) is 3.02. The van der Waals surface area contributed by atoms with Crippen molar-refractivity contribution in [2.75, 3.05) is 6.61 Å². The third-order valence-corrected chi connectivity index (χ3v) is 4.85. The Balaban J connectivity index is 1.74. The van der Waals surface area contributed by atoms with E-state index in [9.17, 15) is 20.4 Å². The highest BCUT2D eigenvalue weighted by Gasteiger charge is 2.43. The van der Waals surface area contributed by atoms with Gasteiger partial charge in [-0.15, -0.1) is 0 Å². The van der Waals surface area contributed by atoms with Crippen LogP contribution in [0.4, 0.5) is 0 Å². The third kappa shape index (κ3) is 4.73. The number of benzene rings is 2. The van der Waals surface area contributed by atoms with Crippen LogP contribution in [0, 0.1) is 0 Å². The minimum Gasteiger partial charge on any atom is -0.489 e. The molecule has 4 N–H and O–H groups in total. The number of ether oxygens (including phenoxy) is 2. The fraction of sp³-hybridized carbons (Fsp3) is 0.368. The molecule has 0 amide bonds. The highest BCUT2D eigenvalue weighted by molar-refractivity contribution is 6.34. The average molecular weight is 415 g/mol. The molecule has 1 aliphatic rings. The van der Waals surface area contributed by atoms with Crippen molar-refractivity contribution in [3.8, 4) is 5.75 Å². The Labute approximate surface area is 166 Å². The lowest BCUT2D eigenvalue weighted by Crippen LogP contribution is -2.55. The molecular weight excluding hydrogens is 395 g/mol. The minimum absolute atomic E-state index is 0.224. The summed E-state index contributed by atoms with van der Waals surface area (Å²) in [6.07, 6.45) is -5.98. The SMILES string of the molecule is OC[C@H]1O[C@H](c2cccc(COc3cc(Cl)cc(Cl)c3)c2)[C@@H](O)[C@@H](O)[C@@H]1O. The molecule has 3 rings (SSSR count). The van der Waals surface area contributed by atoms with Crippen molar-refractivity contribution < 1.29 is 29.9 Å². The molecule has 1 saturated heterocycles. The second-order valence-corrected chi connectivity index (χ2v) is 7.26. The molecule has 6 nitrogen and oxygen atoms in total. The van der Waals surface area contributed by atoms with E-state index in [-0.39, 0.29) is 6.61 Å². The smallest absolute Gasteiger partial charge is 0.122 e. The van der Waals surface area contributed by atoms with E-state index in [1.54, 1.807) is 36.4 Å². The van der Waals surface area contributed by atoms with Gasteiger partial charge in [-0.2, -0.15) is 0 Å². The topological polar surface area (TPSA) is 99.4 Å². The van der Waals surface area contributed by atoms with Crippen molar-refractivity contribution in [1.29, 1.82) is 0 Å². The Morgan fingerprint density at radius 2 is 1.63 bits per heavy atom. The zero-order valence-corrected chi connectivity index (χ0v) is 15.7. The van der Waals surface area contributed by atoms with Gasteiger partial charge in [-0.05, 0) is 35.4 Å². The summed E-state index contributed by atoms with van der Waals surface area (Å²) in [4.78, 5) is 0. The van der Waals surface area contributed by atoms with E-state index in [0.717, 1.165) is 5.56 Å². The molecule has 1 fully saturated rings. The zero-order valence-electron chi connectivity index (χ0n) is 14.2. The number of aliphatic hydroxyl groups is 4. The summed E-state index contributed by atoms with van der Waals surface area (Å²) in [5.74, 6) is 0.519. The standard InChI is InChI=1S/C19H20Cl2O6/c20-12-5-13(21)7-14(6-12)26-9-10-2-1-3-11(4-10)19-18(25)17(24)16(23)15(8-22)27-19/h1-7,15-19,22-25H,8-9H2/t15-,16-,17+,18+,19-/m1/s1. The van der Waals surface area contributed by atoms with Gasteiger partial charge < -0.3 is 29.9 Å². The molecule has 0 bridgehead atoms. The van der Waals surface area contributed by atoms with E-state index >= 15 is 0 Å². The van der Waals surface area contributed by atoms with Crippen LogP contribution in [0.15, 0.2) is 42.5 Å². The van der Waals surface area contributed by atoms with E-state index in [1.165, 1.54) is 0 Å². The number of aliphatic hydroxyl groups excluding tert-OH is 4. The van der Waals surface area contributed by atoms with Gasteiger partial charge in [0.2, 0.25) is 0 Å². The van der Waals surface area contributed by atoms with Crippen LogP contribution in [0.1, 0.15) is 17.2 Å². The van der Waals surface area contributed by atoms with E-state index < -0.39 is 37.1 Å². The van der Waals surface area contributed by atoms with Gasteiger partial charge in [-0.3, -0.25) is 0 Å². The predicted octanol–water partition coefficient (Wildman–Crippen LogP) is 2.09. The number of hydrogen-bond acceptors (Lipinski definition) is 6. The number of rotatable bonds is 5. The van der Waals surface area contributed by atoms with Crippen LogP contribution in [0.25, 0.3) is 0 Å². The van der Waals surface area contributed by atoms with Crippen molar-refractivity contribution in [3.05, 3.63) is 63.6 Å². The predicted molar refractivity (Wildman–Crippen MR) is 100.0 cm³/mol. The van der Waals surface area contributed by atoms with Gasteiger partial charge in [-0.1, -0.05) is 41.4 Å². The molecule has 27 heavy (non-hydrogen) atoms. The Morgan fingerprint density at radius 1 is 0.926 bits per heavy atom. The lowest BCUT2D eigenvalue weighted by molar-refractivity contribution is -0.231. The minimum atomic E-state index is -1.42. The lowest BCUT2D eigenvalue weighted by Gasteiger charge is -2.40. The molecular formula is C19H20Cl2O6. The number of halogens is 2. The fourth-order valence-corrected chi connectivity index (χ4v) is 3.52. The zero-order chi connectivity index (χ0) is 19.6. The van der Waals surface area contributed by atoms with Gasteiger partial charge in [0, 0.05) is 10.0 Å². The van der Waals surface area contributed by atoms with Crippen molar-refractivity contribution in [3.63, 3.8) is 0 Å². The van der Waals surface area contributed by atoms with Crippen LogP contribution < -0.4 is 4.74 Å². The molecule has 0 aliphatic carbocycles. The van der Waals surface area contributed by atoms with Gasteiger partial charge in [0.15, 0.2) is 0 Å². The maximum atomic E-state index is 10.3. The maximum absolute atomic E-state index is 10.3. The highest BCUT2D eigenvalue weighted by Crippen LogP contribution is 2.33. The first-order valence-corrected chi connectivity index (χ1v) is 9.13. The first kappa shape index (κ1) is 20.4. The average Bonchev–Trinajstić information content (AvgIpc) is 2.64. The molecule has 5 atom stereocenters. The summed E-state index contributed by atoms with van der Waals surface area (Å²) in [6.45, 7) is -0.248. The molecule has 146 valence electrons. The molecule has 0 unspecified atom stereocenters. The van der Waals surface area contributed by atoms with Crippen molar-refractivity contribution in [2.24, 2.45) is 0 Å². The van der Waals surface area contributed by atoms with Crippen LogP contribution in [0.5, 0.6) is 5.75 Å². The first-order chi connectivity index (χ1) is 12.9. The molecule has 1 aliphatic heterocycles. The molecule has 0 radical (unpaired) electrons. The summed E-state index contributed by atoms with van der Waals surface area (Å²) < 4.78 is 11.3. The van der Waals surface area contributed by atoms with Gasteiger partial charge in [0.1, 0.15) is 42.9 Å². The number of hydrogen-bond donors (Lipinski definition) is 4. The molecule has 0 aromatic heterocycles. The maximum Gasteiger partial charge on any atom is 0.122 e. The molecule has 0 saturated carbocycles. The van der Waals surface area contributed by atoms with E-state index in [4.69, 9.17) is 32.7 Å². The van der Waals surface area contributed by atoms with Gasteiger partial charge in [-0.25, -0.2) is 0 Å². The molecule has 2 aromatic carbocycles. The van der Waals surface area contributed by atoms with Gasteiger partial charge in [0.05, 0.1) is 6.61 Å². The Bertz CT molecular complexity index is 764. The van der Waals surface area contributed by atoms with E-state index in [0.29, 0.717) is 21.4 Å².